The third-order valence-electron chi connectivity index (χ3n) is 5.83. The smallest absolute Gasteiger partial charge is 0.102 e. The van der Waals surface area contributed by atoms with E-state index >= 15 is 0 Å². The summed E-state index contributed by atoms with van der Waals surface area (Å²) in [6, 6.07) is 26.9. The summed E-state index contributed by atoms with van der Waals surface area (Å²) >= 11 is 0. The maximum atomic E-state index is 10.0. The van der Waals surface area contributed by atoms with Gasteiger partial charge < -0.3 is 0 Å². The van der Waals surface area contributed by atoms with Crippen LogP contribution in [0.3, 0.4) is 0 Å². The molecule has 0 radical (unpaired) electrons. The first kappa shape index (κ1) is 18.6. The molecule has 5 heteroatoms. The van der Waals surface area contributed by atoms with Crippen molar-refractivity contribution in [3.8, 4) is 30.3 Å². The number of hydrogen-bond acceptors (Lipinski definition) is 5. The molecular weight excluding hydrogens is 394 g/mol. The van der Waals surface area contributed by atoms with Gasteiger partial charge in [0.25, 0.3) is 0 Å². The van der Waals surface area contributed by atoms with E-state index in [1.54, 1.807) is 18.2 Å². The topological polar surface area (TPSA) is 119 Å². The van der Waals surface area contributed by atoms with Crippen LogP contribution in [0.15, 0.2) is 54.6 Å². The fraction of sp³-hybridized carbons (Fsp3) is 0. The van der Waals surface area contributed by atoms with E-state index in [4.69, 9.17) is 0 Å². The minimum atomic E-state index is 0.0326. The predicted octanol–water partition coefficient (Wildman–Crippen LogP) is 5.66. The van der Waals surface area contributed by atoms with Crippen LogP contribution in [-0.2, 0) is 0 Å². The summed E-state index contributed by atoms with van der Waals surface area (Å²) in [5, 5.41) is 54.6. The summed E-state index contributed by atoms with van der Waals surface area (Å²) in [6.07, 6.45) is 0. The van der Waals surface area contributed by atoms with Gasteiger partial charge in [-0.05, 0) is 55.9 Å². The summed E-state index contributed by atoms with van der Waals surface area (Å²) in [4.78, 5) is 0. The van der Waals surface area contributed by atoms with Crippen molar-refractivity contribution in [2.75, 3.05) is 0 Å². The Bertz CT molecular complexity index is 1880. The average Bonchev–Trinajstić information content (AvgIpc) is 2.85. The Kier molecular flexibility index (Phi) is 3.97. The molecule has 0 saturated carbocycles. The van der Waals surface area contributed by atoms with Crippen LogP contribution in [0, 0.1) is 56.7 Å². The maximum Gasteiger partial charge on any atom is 0.102 e. The summed E-state index contributed by atoms with van der Waals surface area (Å²) in [5.41, 5.74) is 0.726. The highest BCUT2D eigenvalue weighted by molar-refractivity contribution is 6.33. The highest BCUT2D eigenvalue weighted by Crippen LogP contribution is 2.42. The van der Waals surface area contributed by atoms with Crippen molar-refractivity contribution >= 4 is 43.1 Å². The average molecular weight is 403 g/mol. The number of rotatable bonds is 0. The lowest BCUT2D eigenvalue weighted by molar-refractivity contribution is 1.42. The summed E-state index contributed by atoms with van der Waals surface area (Å²) in [6.45, 7) is 0. The van der Waals surface area contributed by atoms with E-state index in [2.05, 4.69) is 18.2 Å². The van der Waals surface area contributed by atoms with Crippen LogP contribution in [0.25, 0.3) is 43.1 Å². The van der Waals surface area contributed by atoms with Crippen LogP contribution >= 0.6 is 0 Å². The third-order valence-corrected chi connectivity index (χ3v) is 5.83. The molecule has 5 rings (SSSR count). The lowest BCUT2D eigenvalue weighted by Gasteiger charge is -2.16. The molecular formula is C27H9N5. The van der Waals surface area contributed by atoms with Gasteiger partial charge in [0, 0.05) is 5.39 Å². The van der Waals surface area contributed by atoms with Gasteiger partial charge in [0.15, 0.2) is 0 Å². The van der Waals surface area contributed by atoms with E-state index in [1.807, 2.05) is 48.5 Å². The van der Waals surface area contributed by atoms with Crippen LogP contribution in [0.1, 0.15) is 27.8 Å². The molecule has 0 aliphatic heterocycles. The van der Waals surface area contributed by atoms with Gasteiger partial charge in [0.2, 0.25) is 0 Å². The minimum absolute atomic E-state index is 0.0326. The molecule has 5 nitrogen and oxygen atoms in total. The quantitative estimate of drug-likeness (QED) is 0.309. The van der Waals surface area contributed by atoms with Gasteiger partial charge in [-0.1, -0.05) is 36.4 Å². The highest BCUT2D eigenvalue weighted by Gasteiger charge is 2.21. The number of hydrogen-bond donors (Lipinski definition) is 0. The molecule has 0 spiro atoms. The maximum absolute atomic E-state index is 10.0. The standard InChI is InChI=1S/C27H9N5/c28-10-16-7-21-20-6-5-15-3-1-2-4-19(15)26(20)27-23(22(21)8-17(16)11-29)9-18(12-30)24(13-31)25(27)14-32/h1-9H. The van der Waals surface area contributed by atoms with Crippen molar-refractivity contribution in [1.29, 1.82) is 26.3 Å². The van der Waals surface area contributed by atoms with Gasteiger partial charge in [-0.3, -0.25) is 0 Å². The molecule has 0 atom stereocenters. The van der Waals surface area contributed by atoms with Crippen molar-refractivity contribution in [2.24, 2.45) is 0 Å². The van der Waals surface area contributed by atoms with Gasteiger partial charge in [0.05, 0.1) is 27.8 Å². The SMILES string of the molecule is N#Cc1cc2c(cc1C#N)c1ccc3ccccc3c1c1c(C#N)c(C#N)c(C#N)cc21. The van der Waals surface area contributed by atoms with Crippen molar-refractivity contribution in [2.45, 2.75) is 0 Å². The van der Waals surface area contributed by atoms with Gasteiger partial charge in [0.1, 0.15) is 30.3 Å². The Labute approximate surface area is 182 Å². The number of fused-ring (bicyclic) bond motifs is 8. The van der Waals surface area contributed by atoms with E-state index in [0.717, 1.165) is 26.9 Å². The number of benzene rings is 5. The zero-order valence-corrected chi connectivity index (χ0v) is 16.4. The third kappa shape index (κ3) is 2.33. The zero-order chi connectivity index (χ0) is 22.4. The molecule has 0 heterocycles. The molecule has 0 saturated heterocycles. The van der Waals surface area contributed by atoms with E-state index in [-0.39, 0.29) is 27.8 Å². The number of nitriles is 5. The van der Waals surface area contributed by atoms with Crippen LogP contribution in [0.5, 0.6) is 0 Å². The van der Waals surface area contributed by atoms with E-state index in [1.165, 1.54) is 0 Å². The van der Waals surface area contributed by atoms with Gasteiger partial charge >= 0.3 is 0 Å². The second kappa shape index (κ2) is 6.83. The monoisotopic (exact) mass is 403 g/mol. The first-order valence-corrected chi connectivity index (χ1v) is 9.59. The Morgan fingerprint density at radius 3 is 1.66 bits per heavy atom. The Hall–Kier alpha value is -5.41. The molecule has 142 valence electrons. The first-order valence-electron chi connectivity index (χ1n) is 9.59. The molecule has 0 aromatic heterocycles. The summed E-state index contributed by atoms with van der Waals surface area (Å²) < 4.78 is 0. The molecule has 0 aliphatic rings. The normalized spacial score (nSPS) is 10.3. The van der Waals surface area contributed by atoms with Gasteiger partial charge in [-0.25, -0.2) is 0 Å². The lowest BCUT2D eigenvalue weighted by atomic mass is 9.85. The molecule has 5 aromatic carbocycles. The van der Waals surface area contributed by atoms with Gasteiger partial charge in [-0.2, -0.15) is 26.3 Å². The molecule has 0 unspecified atom stereocenters. The van der Waals surface area contributed by atoms with Crippen LogP contribution < -0.4 is 0 Å². The van der Waals surface area contributed by atoms with Crippen molar-refractivity contribution in [3.05, 3.63) is 82.4 Å². The van der Waals surface area contributed by atoms with Crippen LogP contribution in [-0.4, -0.2) is 0 Å². The molecule has 0 bridgehead atoms. The Morgan fingerprint density at radius 2 is 1.03 bits per heavy atom. The van der Waals surface area contributed by atoms with Crippen molar-refractivity contribution in [1.82, 2.24) is 0 Å². The molecule has 0 N–H and O–H groups in total. The lowest BCUT2D eigenvalue weighted by Crippen LogP contribution is -1.96. The van der Waals surface area contributed by atoms with Crippen LogP contribution in [0.2, 0.25) is 0 Å². The fourth-order valence-corrected chi connectivity index (χ4v) is 4.47. The fourth-order valence-electron chi connectivity index (χ4n) is 4.47. The summed E-state index contributed by atoms with van der Waals surface area (Å²) in [7, 11) is 0. The van der Waals surface area contributed by atoms with Crippen LogP contribution in [0.4, 0.5) is 0 Å². The predicted molar refractivity (Wildman–Crippen MR) is 120 cm³/mol. The van der Waals surface area contributed by atoms with Gasteiger partial charge in [-0.15, -0.1) is 0 Å². The Balaban J connectivity index is 2.27. The molecule has 0 aliphatic carbocycles. The molecule has 32 heavy (non-hydrogen) atoms. The first-order chi connectivity index (χ1) is 15.7. The van der Waals surface area contributed by atoms with E-state index in [0.29, 0.717) is 16.2 Å². The molecule has 0 fully saturated rings. The molecule has 0 amide bonds. The number of nitrogens with zero attached hydrogens (tertiary/aromatic N) is 5. The van der Waals surface area contributed by atoms with E-state index in [9.17, 15) is 26.3 Å². The second-order valence-corrected chi connectivity index (χ2v) is 7.31. The van der Waals surface area contributed by atoms with Crippen molar-refractivity contribution in [3.63, 3.8) is 0 Å². The second-order valence-electron chi connectivity index (χ2n) is 7.31. The molecule has 5 aromatic rings. The zero-order valence-electron chi connectivity index (χ0n) is 16.4. The Morgan fingerprint density at radius 1 is 0.438 bits per heavy atom. The van der Waals surface area contributed by atoms with E-state index < -0.39 is 0 Å². The van der Waals surface area contributed by atoms with Crippen molar-refractivity contribution < 1.29 is 0 Å². The largest absolute Gasteiger partial charge is 0.192 e. The summed E-state index contributed by atoms with van der Waals surface area (Å²) in [5.74, 6) is 0. The minimum Gasteiger partial charge on any atom is -0.192 e. The highest BCUT2D eigenvalue weighted by atomic mass is 14.3.